The van der Waals surface area contributed by atoms with Crippen molar-refractivity contribution in [3.05, 3.63) is 42.3 Å². The highest BCUT2D eigenvalue weighted by Crippen LogP contribution is 2.25. The van der Waals surface area contributed by atoms with E-state index in [0.29, 0.717) is 11.4 Å². The average molecular weight is 331 g/mol. The summed E-state index contributed by atoms with van der Waals surface area (Å²) < 4.78 is 24.7. The molecule has 1 heterocycles. The molecule has 0 radical (unpaired) electrons. The van der Waals surface area contributed by atoms with Crippen molar-refractivity contribution in [1.29, 1.82) is 0 Å². The fourth-order valence-electron chi connectivity index (χ4n) is 2.53. The molecule has 2 aromatic rings. The maximum absolute atomic E-state index is 14.0. The number of nitrogens with zero attached hydrogens (tertiary/aromatic N) is 1. The van der Waals surface area contributed by atoms with Crippen molar-refractivity contribution in [2.45, 2.75) is 45.4 Å². The highest BCUT2D eigenvalue weighted by molar-refractivity contribution is 5.61. The van der Waals surface area contributed by atoms with Crippen LogP contribution in [0.5, 0.6) is 11.5 Å². The lowest BCUT2D eigenvalue weighted by Gasteiger charge is -2.08. The fourth-order valence-corrected chi connectivity index (χ4v) is 2.53. The number of methoxy groups -OCH3 is 1. The largest absolute Gasteiger partial charge is 0.495 e. The SMILES string of the molecule is CCCCCCCCOc1ccc(-c2ncc(OC)cc2F)cc1. The van der Waals surface area contributed by atoms with Crippen molar-refractivity contribution >= 4 is 0 Å². The Hall–Kier alpha value is -2.10. The second-order valence-electron chi connectivity index (χ2n) is 5.85. The van der Waals surface area contributed by atoms with Crippen molar-refractivity contribution in [2.24, 2.45) is 0 Å². The first-order valence-corrected chi connectivity index (χ1v) is 8.67. The van der Waals surface area contributed by atoms with E-state index >= 15 is 0 Å². The maximum Gasteiger partial charge on any atom is 0.153 e. The zero-order chi connectivity index (χ0) is 17.2. The Balaban J connectivity index is 1.82. The van der Waals surface area contributed by atoms with Gasteiger partial charge in [0.15, 0.2) is 5.82 Å². The Morgan fingerprint density at radius 2 is 1.67 bits per heavy atom. The topological polar surface area (TPSA) is 31.4 Å². The molecule has 0 amide bonds. The van der Waals surface area contributed by atoms with Gasteiger partial charge in [0.25, 0.3) is 0 Å². The summed E-state index contributed by atoms with van der Waals surface area (Å²) in [7, 11) is 1.49. The molecular formula is C20H26FNO2. The molecule has 3 nitrogen and oxygen atoms in total. The smallest absolute Gasteiger partial charge is 0.153 e. The second-order valence-corrected chi connectivity index (χ2v) is 5.85. The van der Waals surface area contributed by atoms with Gasteiger partial charge in [-0.25, -0.2) is 9.37 Å². The zero-order valence-corrected chi connectivity index (χ0v) is 14.6. The Bertz CT molecular complexity index is 614. The monoisotopic (exact) mass is 331 g/mol. The lowest BCUT2D eigenvalue weighted by molar-refractivity contribution is 0.304. The van der Waals surface area contributed by atoms with Crippen molar-refractivity contribution in [2.75, 3.05) is 13.7 Å². The van der Waals surface area contributed by atoms with E-state index in [0.717, 1.165) is 24.3 Å². The molecule has 0 unspecified atom stereocenters. The van der Waals surface area contributed by atoms with E-state index in [1.54, 1.807) is 0 Å². The number of aromatic nitrogens is 1. The molecule has 0 fully saturated rings. The van der Waals surface area contributed by atoms with Gasteiger partial charge < -0.3 is 9.47 Å². The molecule has 0 aliphatic heterocycles. The van der Waals surface area contributed by atoms with Crippen molar-refractivity contribution in [3.8, 4) is 22.8 Å². The van der Waals surface area contributed by atoms with Crippen LogP contribution < -0.4 is 9.47 Å². The lowest BCUT2D eigenvalue weighted by atomic mass is 10.1. The normalized spacial score (nSPS) is 10.6. The molecule has 0 spiro atoms. The minimum absolute atomic E-state index is 0.318. The van der Waals surface area contributed by atoms with Crippen molar-refractivity contribution < 1.29 is 13.9 Å². The van der Waals surface area contributed by atoms with Gasteiger partial charge in [0.1, 0.15) is 17.2 Å². The highest BCUT2D eigenvalue weighted by Gasteiger charge is 2.08. The van der Waals surface area contributed by atoms with E-state index in [1.165, 1.54) is 51.5 Å². The quantitative estimate of drug-likeness (QED) is 0.528. The number of benzene rings is 1. The average Bonchev–Trinajstić information content (AvgIpc) is 2.61. The molecular weight excluding hydrogens is 305 g/mol. The van der Waals surface area contributed by atoms with Crippen LogP contribution in [0.1, 0.15) is 45.4 Å². The van der Waals surface area contributed by atoms with Gasteiger partial charge >= 0.3 is 0 Å². The number of pyridine rings is 1. The van der Waals surface area contributed by atoms with Gasteiger partial charge in [-0.2, -0.15) is 0 Å². The molecule has 24 heavy (non-hydrogen) atoms. The molecule has 0 saturated carbocycles. The van der Waals surface area contributed by atoms with Crippen LogP contribution in [0.3, 0.4) is 0 Å². The molecule has 0 bridgehead atoms. The fraction of sp³-hybridized carbons (Fsp3) is 0.450. The summed E-state index contributed by atoms with van der Waals surface area (Å²) in [5, 5.41) is 0. The van der Waals surface area contributed by atoms with Crippen LogP contribution in [0.2, 0.25) is 0 Å². The molecule has 0 N–H and O–H groups in total. The molecule has 4 heteroatoms. The molecule has 0 aliphatic rings. The van der Waals surface area contributed by atoms with E-state index in [2.05, 4.69) is 11.9 Å². The maximum atomic E-state index is 14.0. The Morgan fingerprint density at radius 1 is 0.958 bits per heavy atom. The minimum Gasteiger partial charge on any atom is -0.495 e. The summed E-state index contributed by atoms with van der Waals surface area (Å²) in [5.41, 5.74) is 1.04. The van der Waals surface area contributed by atoms with Gasteiger partial charge in [-0.05, 0) is 30.7 Å². The first-order valence-electron chi connectivity index (χ1n) is 8.67. The first-order chi connectivity index (χ1) is 11.7. The third-order valence-electron chi connectivity index (χ3n) is 3.95. The Labute approximate surface area is 143 Å². The first kappa shape index (κ1) is 18.2. The molecule has 0 saturated heterocycles. The minimum atomic E-state index is -0.393. The summed E-state index contributed by atoms with van der Waals surface area (Å²) in [6, 6.07) is 8.71. The van der Waals surface area contributed by atoms with Gasteiger partial charge in [0, 0.05) is 11.6 Å². The summed E-state index contributed by atoms with van der Waals surface area (Å²) in [6.07, 6.45) is 8.97. The molecule has 0 atom stereocenters. The Morgan fingerprint density at radius 3 is 2.33 bits per heavy atom. The van der Waals surface area contributed by atoms with Crippen LogP contribution in [0, 0.1) is 5.82 Å². The molecule has 130 valence electrons. The van der Waals surface area contributed by atoms with E-state index in [4.69, 9.17) is 9.47 Å². The zero-order valence-electron chi connectivity index (χ0n) is 14.6. The van der Waals surface area contributed by atoms with Crippen molar-refractivity contribution in [3.63, 3.8) is 0 Å². The molecule has 0 aliphatic carbocycles. The van der Waals surface area contributed by atoms with E-state index in [-0.39, 0.29) is 0 Å². The van der Waals surface area contributed by atoms with Crippen molar-refractivity contribution in [1.82, 2.24) is 4.98 Å². The second kappa shape index (κ2) is 9.91. The highest BCUT2D eigenvalue weighted by atomic mass is 19.1. The molecule has 2 rings (SSSR count). The van der Waals surface area contributed by atoms with E-state index in [9.17, 15) is 4.39 Å². The predicted molar refractivity (Wildman–Crippen MR) is 95.1 cm³/mol. The van der Waals surface area contributed by atoms with Gasteiger partial charge in [-0.3, -0.25) is 0 Å². The van der Waals surface area contributed by atoms with Gasteiger partial charge in [0.2, 0.25) is 0 Å². The van der Waals surface area contributed by atoms with Crippen LogP contribution in [-0.4, -0.2) is 18.7 Å². The Kier molecular flexibility index (Phi) is 7.53. The van der Waals surface area contributed by atoms with E-state index < -0.39 is 5.82 Å². The predicted octanol–water partition coefficient (Wildman–Crippen LogP) is 5.64. The number of hydrogen-bond donors (Lipinski definition) is 0. The van der Waals surface area contributed by atoms with Gasteiger partial charge in [-0.1, -0.05) is 39.0 Å². The third kappa shape index (κ3) is 5.52. The standard InChI is InChI=1S/C20H26FNO2/c1-3-4-5-6-7-8-13-24-17-11-9-16(10-12-17)20-19(21)14-18(23-2)15-22-20/h9-12,14-15H,3-8,13H2,1-2H3. The van der Waals surface area contributed by atoms with Crippen LogP contribution in [0.4, 0.5) is 4.39 Å². The summed E-state index contributed by atoms with van der Waals surface area (Å²) in [6.45, 7) is 2.95. The van der Waals surface area contributed by atoms with Gasteiger partial charge in [0.05, 0.1) is 19.9 Å². The number of halogens is 1. The van der Waals surface area contributed by atoms with Crippen LogP contribution >= 0.6 is 0 Å². The number of hydrogen-bond acceptors (Lipinski definition) is 3. The summed E-state index contributed by atoms with van der Waals surface area (Å²) >= 11 is 0. The van der Waals surface area contributed by atoms with Gasteiger partial charge in [-0.15, -0.1) is 0 Å². The molecule has 1 aromatic heterocycles. The summed E-state index contributed by atoms with van der Waals surface area (Å²) in [4.78, 5) is 4.12. The molecule has 1 aromatic carbocycles. The van der Waals surface area contributed by atoms with Crippen LogP contribution in [0.15, 0.2) is 36.5 Å². The number of ether oxygens (including phenoxy) is 2. The van der Waals surface area contributed by atoms with Crippen LogP contribution in [-0.2, 0) is 0 Å². The number of unbranched alkanes of at least 4 members (excludes halogenated alkanes) is 5. The van der Waals surface area contributed by atoms with Crippen LogP contribution in [0.25, 0.3) is 11.3 Å². The summed E-state index contributed by atoms with van der Waals surface area (Å²) in [5.74, 6) is 0.825. The number of rotatable bonds is 10. The lowest BCUT2D eigenvalue weighted by Crippen LogP contribution is -1.97. The van der Waals surface area contributed by atoms with E-state index in [1.807, 2.05) is 24.3 Å². The third-order valence-corrected chi connectivity index (χ3v) is 3.95.